The minimum Gasteiger partial charge on any atom is -0.404 e. The molecular formula is C13H14ClF5N2O. The molecule has 1 aliphatic heterocycles. The van der Waals surface area contributed by atoms with Crippen molar-refractivity contribution in [1.82, 2.24) is 10.2 Å². The van der Waals surface area contributed by atoms with E-state index in [9.17, 15) is 22.0 Å². The largest absolute Gasteiger partial charge is 0.573 e. The van der Waals surface area contributed by atoms with Crippen molar-refractivity contribution >= 4 is 11.6 Å². The highest BCUT2D eigenvalue weighted by Crippen LogP contribution is 2.35. The van der Waals surface area contributed by atoms with Gasteiger partial charge in [-0.1, -0.05) is 17.7 Å². The summed E-state index contributed by atoms with van der Waals surface area (Å²) in [5, 5.41) is 2.70. The van der Waals surface area contributed by atoms with E-state index in [4.69, 9.17) is 11.6 Å². The van der Waals surface area contributed by atoms with Crippen LogP contribution in [-0.4, -0.2) is 43.9 Å². The first-order valence-corrected chi connectivity index (χ1v) is 6.94. The lowest BCUT2D eigenvalue weighted by Gasteiger charge is -2.34. The van der Waals surface area contributed by atoms with Crippen LogP contribution in [0.25, 0.3) is 0 Å². The SMILES string of the molecule is FC(F)[C@H](c1ccc(OC(F)(F)F)c(Cl)c1)N1CCNCC1. The zero-order chi connectivity index (χ0) is 16.3. The van der Waals surface area contributed by atoms with Gasteiger partial charge in [0.05, 0.1) is 11.1 Å². The summed E-state index contributed by atoms with van der Waals surface area (Å²) in [6.45, 7) is 2.00. The van der Waals surface area contributed by atoms with E-state index in [1.807, 2.05) is 0 Å². The Bertz CT molecular complexity index is 506. The molecule has 0 unspecified atom stereocenters. The average Bonchev–Trinajstić information content (AvgIpc) is 2.41. The molecule has 1 fully saturated rings. The quantitative estimate of drug-likeness (QED) is 0.847. The smallest absolute Gasteiger partial charge is 0.404 e. The molecule has 3 nitrogen and oxygen atoms in total. The molecule has 1 aliphatic rings. The molecule has 1 heterocycles. The van der Waals surface area contributed by atoms with Gasteiger partial charge in [-0.05, 0) is 17.7 Å². The molecule has 1 aromatic carbocycles. The van der Waals surface area contributed by atoms with E-state index in [1.165, 1.54) is 6.07 Å². The van der Waals surface area contributed by atoms with Crippen LogP contribution in [-0.2, 0) is 0 Å². The van der Waals surface area contributed by atoms with Crippen molar-refractivity contribution in [3.63, 3.8) is 0 Å². The van der Waals surface area contributed by atoms with Crippen molar-refractivity contribution in [2.45, 2.75) is 18.8 Å². The van der Waals surface area contributed by atoms with Crippen LogP contribution in [0, 0.1) is 0 Å². The molecule has 0 amide bonds. The summed E-state index contributed by atoms with van der Waals surface area (Å²) in [7, 11) is 0. The van der Waals surface area contributed by atoms with Gasteiger partial charge in [-0.25, -0.2) is 8.78 Å². The first kappa shape index (κ1) is 17.2. The molecule has 2 rings (SSSR count). The van der Waals surface area contributed by atoms with Gasteiger partial charge in [0.15, 0.2) is 0 Å². The van der Waals surface area contributed by atoms with Gasteiger partial charge in [0.25, 0.3) is 6.43 Å². The monoisotopic (exact) mass is 344 g/mol. The summed E-state index contributed by atoms with van der Waals surface area (Å²) in [5.41, 5.74) is 0.163. The summed E-state index contributed by atoms with van der Waals surface area (Å²) in [6, 6.07) is 2.04. The van der Waals surface area contributed by atoms with Crippen LogP contribution in [0.4, 0.5) is 22.0 Å². The predicted octanol–water partition coefficient (Wildman–Crippen LogP) is 3.45. The van der Waals surface area contributed by atoms with Crippen LogP contribution in [0.15, 0.2) is 18.2 Å². The Morgan fingerprint density at radius 2 is 1.82 bits per heavy atom. The maximum Gasteiger partial charge on any atom is 0.573 e. The highest BCUT2D eigenvalue weighted by atomic mass is 35.5. The number of hydrogen-bond donors (Lipinski definition) is 1. The standard InChI is InChI=1S/C13H14ClF5N2O/c14-9-7-8(1-2-10(9)22-13(17,18)19)11(12(15)16)21-5-3-20-4-6-21/h1-2,7,11-12,20H,3-6H2/t11-/m0/s1. The number of benzene rings is 1. The van der Waals surface area contributed by atoms with Crippen molar-refractivity contribution < 1.29 is 26.7 Å². The second-order valence-electron chi connectivity index (χ2n) is 4.80. The molecule has 0 aliphatic carbocycles. The molecule has 124 valence electrons. The van der Waals surface area contributed by atoms with Crippen LogP contribution >= 0.6 is 11.6 Å². The molecule has 0 spiro atoms. The number of rotatable bonds is 4. The number of nitrogens with zero attached hydrogens (tertiary/aromatic N) is 1. The Kier molecular flexibility index (Phi) is 5.46. The number of alkyl halides is 5. The summed E-state index contributed by atoms with van der Waals surface area (Å²) in [6.07, 6.45) is -7.56. The molecule has 9 heteroatoms. The lowest BCUT2D eigenvalue weighted by molar-refractivity contribution is -0.274. The average molecular weight is 345 g/mol. The molecule has 0 bridgehead atoms. The van der Waals surface area contributed by atoms with Gasteiger partial charge in [-0.2, -0.15) is 0 Å². The van der Waals surface area contributed by atoms with Crippen molar-refractivity contribution in [2.24, 2.45) is 0 Å². The van der Waals surface area contributed by atoms with Gasteiger partial charge >= 0.3 is 6.36 Å². The first-order valence-electron chi connectivity index (χ1n) is 6.56. The van der Waals surface area contributed by atoms with Gasteiger partial charge in [0.1, 0.15) is 5.75 Å². The molecular weight excluding hydrogens is 331 g/mol. The molecule has 0 radical (unpaired) electrons. The highest BCUT2D eigenvalue weighted by molar-refractivity contribution is 6.32. The Balaban J connectivity index is 2.23. The maximum atomic E-state index is 13.4. The number of piperazine rings is 1. The Hall–Kier alpha value is -1.12. The normalized spacial score (nSPS) is 18.5. The zero-order valence-electron chi connectivity index (χ0n) is 11.3. The molecule has 1 N–H and O–H groups in total. The van der Waals surface area contributed by atoms with Crippen LogP contribution in [0.1, 0.15) is 11.6 Å². The molecule has 0 aromatic heterocycles. The fourth-order valence-corrected chi connectivity index (χ4v) is 2.61. The Labute approximate surface area is 129 Å². The number of hydrogen-bond acceptors (Lipinski definition) is 3. The van der Waals surface area contributed by atoms with E-state index in [-0.39, 0.29) is 10.6 Å². The summed E-state index contributed by atoms with van der Waals surface area (Å²) >= 11 is 5.72. The van der Waals surface area contributed by atoms with E-state index in [0.29, 0.717) is 26.2 Å². The van der Waals surface area contributed by atoms with E-state index < -0.39 is 24.6 Å². The van der Waals surface area contributed by atoms with Gasteiger partial charge in [-0.15, -0.1) is 13.2 Å². The van der Waals surface area contributed by atoms with Crippen LogP contribution in [0.5, 0.6) is 5.75 Å². The minimum atomic E-state index is -4.88. The third-order valence-electron chi connectivity index (χ3n) is 3.31. The second kappa shape index (κ2) is 6.97. The second-order valence-corrected chi connectivity index (χ2v) is 5.21. The van der Waals surface area contributed by atoms with E-state index in [1.54, 1.807) is 4.90 Å². The van der Waals surface area contributed by atoms with Gasteiger partial charge < -0.3 is 10.1 Å². The van der Waals surface area contributed by atoms with Crippen LogP contribution in [0.2, 0.25) is 5.02 Å². The van der Waals surface area contributed by atoms with Crippen molar-refractivity contribution in [2.75, 3.05) is 26.2 Å². The van der Waals surface area contributed by atoms with Crippen molar-refractivity contribution in [3.8, 4) is 5.75 Å². The van der Waals surface area contributed by atoms with E-state index in [2.05, 4.69) is 10.1 Å². The lowest BCUT2D eigenvalue weighted by atomic mass is 10.0. The summed E-state index contributed by atoms with van der Waals surface area (Å²) in [4.78, 5) is 1.58. The molecule has 0 saturated carbocycles. The van der Waals surface area contributed by atoms with Crippen LogP contribution < -0.4 is 10.1 Å². The van der Waals surface area contributed by atoms with E-state index >= 15 is 0 Å². The van der Waals surface area contributed by atoms with Gasteiger partial charge in [0.2, 0.25) is 0 Å². The maximum absolute atomic E-state index is 13.4. The van der Waals surface area contributed by atoms with Gasteiger partial charge in [0, 0.05) is 26.2 Å². The fraction of sp³-hybridized carbons (Fsp3) is 0.538. The number of halogens is 6. The highest BCUT2D eigenvalue weighted by Gasteiger charge is 2.33. The van der Waals surface area contributed by atoms with Crippen molar-refractivity contribution in [1.29, 1.82) is 0 Å². The van der Waals surface area contributed by atoms with Crippen LogP contribution in [0.3, 0.4) is 0 Å². The third-order valence-corrected chi connectivity index (χ3v) is 3.60. The Morgan fingerprint density at radius 3 is 2.32 bits per heavy atom. The fourth-order valence-electron chi connectivity index (χ4n) is 2.38. The van der Waals surface area contributed by atoms with E-state index in [0.717, 1.165) is 12.1 Å². The van der Waals surface area contributed by atoms with Gasteiger partial charge in [-0.3, -0.25) is 4.90 Å². The molecule has 1 atom stereocenters. The lowest BCUT2D eigenvalue weighted by Crippen LogP contribution is -2.46. The Morgan fingerprint density at radius 1 is 1.18 bits per heavy atom. The number of nitrogens with one attached hydrogen (secondary N) is 1. The predicted molar refractivity (Wildman–Crippen MR) is 71.3 cm³/mol. The molecule has 22 heavy (non-hydrogen) atoms. The third kappa shape index (κ3) is 4.44. The van der Waals surface area contributed by atoms with Crippen molar-refractivity contribution in [3.05, 3.63) is 28.8 Å². The number of ether oxygens (including phenoxy) is 1. The minimum absolute atomic E-state index is 0.163. The molecule has 1 aromatic rings. The first-order chi connectivity index (χ1) is 10.3. The zero-order valence-corrected chi connectivity index (χ0v) is 12.1. The molecule has 1 saturated heterocycles. The summed E-state index contributed by atoms with van der Waals surface area (Å²) < 4.78 is 67.0. The topological polar surface area (TPSA) is 24.5 Å². The summed E-state index contributed by atoms with van der Waals surface area (Å²) in [5.74, 6) is -0.605.